The number of aromatic hydroxyl groups is 1. The molecule has 1 atom stereocenters. The van der Waals surface area contributed by atoms with Crippen LogP contribution in [0.3, 0.4) is 0 Å². The van der Waals surface area contributed by atoms with E-state index in [1.54, 1.807) is 37.4 Å². The number of hydrogen-bond donors (Lipinski definition) is 2. The minimum atomic E-state index is -0.597. The number of nitrogens with one attached hydrogen (secondary N) is 1. The Balaban J connectivity index is 1.84. The van der Waals surface area contributed by atoms with Crippen LogP contribution in [0.25, 0.3) is 5.69 Å². The molecule has 0 aliphatic carbocycles. The number of para-hydroxylation sites is 1. The van der Waals surface area contributed by atoms with E-state index in [1.807, 2.05) is 13.0 Å². The number of benzene rings is 2. The van der Waals surface area contributed by atoms with Crippen LogP contribution in [0.2, 0.25) is 0 Å². The highest BCUT2D eigenvalue weighted by molar-refractivity contribution is 6.04. The number of carbonyl (C=O) groups is 1. The molecule has 1 heterocycles. The fourth-order valence-electron chi connectivity index (χ4n) is 2.48. The molecular formula is C19H18FN3O3. The number of ether oxygens (including phenoxy) is 1. The summed E-state index contributed by atoms with van der Waals surface area (Å²) < 4.78 is 20.3. The number of halogens is 1. The van der Waals surface area contributed by atoms with Crippen LogP contribution in [0.1, 0.15) is 29.1 Å². The largest absolute Gasteiger partial charge is 0.504 e. The third-order valence-electron chi connectivity index (χ3n) is 3.98. The lowest BCUT2D eigenvalue weighted by atomic mass is 10.1. The van der Waals surface area contributed by atoms with Crippen LogP contribution in [0.15, 0.2) is 54.7 Å². The number of anilines is 1. The maximum absolute atomic E-state index is 13.9. The summed E-state index contributed by atoms with van der Waals surface area (Å²) in [7, 11) is 1.60. The number of rotatable bonds is 5. The van der Waals surface area contributed by atoms with Crippen LogP contribution in [-0.4, -0.2) is 27.9 Å². The molecule has 0 saturated carbocycles. The molecule has 2 N–H and O–H groups in total. The van der Waals surface area contributed by atoms with E-state index in [0.29, 0.717) is 5.69 Å². The van der Waals surface area contributed by atoms with E-state index in [1.165, 1.54) is 18.3 Å². The molecule has 7 heteroatoms. The summed E-state index contributed by atoms with van der Waals surface area (Å²) in [6.07, 6.45) is 1.07. The molecule has 1 amide bonds. The maximum atomic E-state index is 13.9. The van der Waals surface area contributed by atoms with Crippen LogP contribution >= 0.6 is 0 Å². The predicted molar refractivity (Wildman–Crippen MR) is 95.0 cm³/mol. The summed E-state index contributed by atoms with van der Waals surface area (Å²) in [5.74, 6) is -1.45. The van der Waals surface area contributed by atoms with Gasteiger partial charge in [0, 0.05) is 12.8 Å². The molecule has 1 aromatic heterocycles. The summed E-state index contributed by atoms with van der Waals surface area (Å²) in [6, 6.07) is 13.1. The van der Waals surface area contributed by atoms with Gasteiger partial charge in [0.15, 0.2) is 11.4 Å². The van der Waals surface area contributed by atoms with Crippen LogP contribution in [0, 0.1) is 5.82 Å². The molecule has 0 bridgehead atoms. The van der Waals surface area contributed by atoms with Crippen molar-refractivity contribution in [1.82, 2.24) is 9.78 Å². The first-order chi connectivity index (χ1) is 12.5. The van der Waals surface area contributed by atoms with Gasteiger partial charge in [-0.15, -0.1) is 0 Å². The molecule has 0 radical (unpaired) electrons. The van der Waals surface area contributed by atoms with Gasteiger partial charge in [-0.3, -0.25) is 4.79 Å². The average Bonchev–Trinajstić information content (AvgIpc) is 3.03. The van der Waals surface area contributed by atoms with E-state index in [9.17, 15) is 14.3 Å². The van der Waals surface area contributed by atoms with Crippen molar-refractivity contribution in [2.75, 3.05) is 12.4 Å². The van der Waals surface area contributed by atoms with Crippen molar-refractivity contribution in [2.45, 2.75) is 13.0 Å². The van der Waals surface area contributed by atoms with E-state index in [0.717, 1.165) is 10.2 Å². The standard InChI is InChI=1S/C19H18FN3O3/c1-12(26-2)13-6-5-7-14(10-13)21-19(25)18-17(24)11-23(22-18)16-9-4-3-8-15(16)20/h3-12,24H,1-2H3,(H,21,25). The van der Waals surface area contributed by atoms with Gasteiger partial charge < -0.3 is 15.2 Å². The van der Waals surface area contributed by atoms with E-state index in [-0.39, 0.29) is 23.2 Å². The third-order valence-corrected chi connectivity index (χ3v) is 3.98. The molecule has 0 spiro atoms. The van der Waals surface area contributed by atoms with Crippen molar-refractivity contribution < 1.29 is 19.0 Å². The van der Waals surface area contributed by atoms with E-state index in [4.69, 9.17) is 4.74 Å². The Labute approximate surface area is 149 Å². The fourth-order valence-corrected chi connectivity index (χ4v) is 2.48. The molecule has 26 heavy (non-hydrogen) atoms. The van der Waals surface area contributed by atoms with Crippen molar-refractivity contribution >= 4 is 11.6 Å². The van der Waals surface area contributed by atoms with Gasteiger partial charge in [0.25, 0.3) is 5.91 Å². The summed E-state index contributed by atoms with van der Waals surface area (Å²) in [4.78, 5) is 12.4. The maximum Gasteiger partial charge on any atom is 0.280 e. The minimum absolute atomic E-state index is 0.125. The molecule has 3 rings (SSSR count). The Morgan fingerprint density at radius 3 is 2.77 bits per heavy atom. The molecule has 0 saturated heterocycles. The summed E-state index contributed by atoms with van der Waals surface area (Å²) in [5, 5.41) is 16.7. The van der Waals surface area contributed by atoms with Crippen molar-refractivity contribution in [3.05, 3.63) is 71.8 Å². The number of hydrogen-bond acceptors (Lipinski definition) is 4. The Kier molecular flexibility index (Phi) is 4.99. The van der Waals surface area contributed by atoms with Crippen LogP contribution in [0.5, 0.6) is 5.75 Å². The molecule has 134 valence electrons. The van der Waals surface area contributed by atoms with Gasteiger partial charge in [0.05, 0.1) is 12.3 Å². The first-order valence-corrected chi connectivity index (χ1v) is 7.97. The molecular weight excluding hydrogens is 337 g/mol. The summed E-state index contributed by atoms with van der Waals surface area (Å²) in [6.45, 7) is 1.89. The highest BCUT2D eigenvalue weighted by Gasteiger charge is 2.18. The number of nitrogens with zero attached hydrogens (tertiary/aromatic N) is 2. The Hall–Kier alpha value is -3.19. The fraction of sp³-hybridized carbons (Fsp3) is 0.158. The zero-order chi connectivity index (χ0) is 18.7. The van der Waals surface area contributed by atoms with Gasteiger partial charge in [-0.05, 0) is 36.8 Å². The van der Waals surface area contributed by atoms with Crippen molar-refractivity contribution in [3.8, 4) is 11.4 Å². The normalized spacial score (nSPS) is 12.0. The number of methoxy groups -OCH3 is 1. The van der Waals surface area contributed by atoms with Gasteiger partial charge in [-0.2, -0.15) is 5.10 Å². The highest BCUT2D eigenvalue weighted by atomic mass is 19.1. The van der Waals surface area contributed by atoms with Gasteiger partial charge in [0.1, 0.15) is 11.5 Å². The molecule has 0 aliphatic rings. The molecule has 1 unspecified atom stereocenters. The SMILES string of the molecule is COC(C)c1cccc(NC(=O)c2nn(-c3ccccc3F)cc2O)c1. The van der Waals surface area contributed by atoms with E-state index < -0.39 is 11.7 Å². The zero-order valence-corrected chi connectivity index (χ0v) is 14.3. The highest BCUT2D eigenvalue weighted by Crippen LogP contribution is 2.23. The van der Waals surface area contributed by atoms with Crippen LogP contribution in [0.4, 0.5) is 10.1 Å². The number of amides is 1. The monoisotopic (exact) mass is 355 g/mol. The Bertz CT molecular complexity index is 939. The van der Waals surface area contributed by atoms with Crippen molar-refractivity contribution in [3.63, 3.8) is 0 Å². The molecule has 0 aliphatic heterocycles. The first-order valence-electron chi connectivity index (χ1n) is 7.97. The minimum Gasteiger partial charge on any atom is -0.504 e. The summed E-state index contributed by atoms with van der Waals surface area (Å²) in [5.41, 5.74) is 1.37. The molecule has 3 aromatic rings. The lowest BCUT2D eigenvalue weighted by molar-refractivity contribution is 0.101. The molecule has 0 fully saturated rings. The first kappa shape index (κ1) is 17.6. The Morgan fingerprint density at radius 2 is 2.04 bits per heavy atom. The second kappa shape index (κ2) is 7.37. The molecule has 6 nitrogen and oxygen atoms in total. The van der Waals surface area contributed by atoms with Crippen molar-refractivity contribution in [2.24, 2.45) is 0 Å². The number of aromatic nitrogens is 2. The number of carbonyl (C=O) groups excluding carboxylic acids is 1. The topological polar surface area (TPSA) is 76.4 Å². The van der Waals surface area contributed by atoms with E-state index >= 15 is 0 Å². The average molecular weight is 355 g/mol. The lowest BCUT2D eigenvalue weighted by Crippen LogP contribution is -2.14. The van der Waals surface area contributed by atoms with Gasteiger partial charge in [-0.25, -0.2) is 9.07 Å². The van der Waals surface area contributed by atoms with Crippen LogP contribution < -0.4 is 5.32 Å². The smallest absolute Gasteiger partial charge is 0.280 e. The summed E-state index contributed by atoms with van der Waals surface area (Å²) >= 11 is 0. The van der Waals surface area contributed by atoms with Gasteiger partial charge >= 0.3 is 0 Å². The van der Waals surface area contributed by atoms with E-state index in [2.05, 4.69) is 10.4 Å². The van der Waals surface area contributed by atoms with Crippen molar-refractivity contribution in [1.29, 1.82) is 0 Å². The zero-order valence-electron chi connectivity index (χ0n) is 14.3. The van der Waals surface area contributed by atoms with Gasteiger partial charge in [-0.1, -0.05) is 24.3 Å². The van der Waals surface area contributed by atoms with Crippen LogP contribution in [-0.2, 0) is 4.74 Å². The second-order valence-corrected chi connectivity index (χ2v) is 5.72. The van der Waals surface area contributed by atoms with Gasteiger partial charge in [0.2, 0.25) is 0 Å². The second-order valence-electron chi connectivity index (χ2n) is 5.72. The third kappa shape index (κ3) is 3.57. The lowest BCUT2D eigenvalue weighted by Gasteiger charge is -2.11. The Morgan fingerprint density at radius 1 is 1.27 bits per heavy atom. The molecule has 2 aromatic carbocycles. The predicted octanol–water partition coefficient (Wildman–Crippen LogP) is 3.68. The quantitative estimate of drug-likeness (QED) is 0.732.